The number of aliphatic hydroxyl groups excluding tert-OH is 3. The summed E-state index contributed by atoms with van der Waals surface area (Å²) in [5, 5.41) is 40.4. The lowest BCUT2D eigenvalue weighted by Gasteiger charge is -2.38. The molecule has 11 nitrogen and oxygen atoms in total. The molecule has 2 aromatic heterocycles. The van der Waals surface area contributed by atoms with Crippen molar-refractivity contribution >= 4 is 22.7 Å². The number of aliphatic hydroxyl groups is 3. The molecule has 4 N–H and O–H groups in total. The van der Waals surface area contributed by atoms with Crippen molar-refractivity contribution in [2.24, 2.45) is 13.0 Å². The molecular formula is C24H27N3O8. The van der Waals surface area contributed by atoms with Crippen molar-refractivity contribution in [2.75, 3.05) is 0 Å². The van der Waals surface area contributed by atoms with E-state index >= 15 is 0 Å². The topological polar surface area (TPSA) is 156 Å². The quantitative estimate of drug-likeness (QED) is 0.402. The first-order valence-electron chi connectivity index (χ1n) is 11.4. The number of aromatic nitrogens is 3. The first-order chi connectivity index (χ1) is 16.7. The molecule has 1 aromatic carbocycles. The van der Waals surface area contributed by atoms with Crippen LogP contribution in [0.2, 0.25) is 0 Å². The Hall–Kier alpha value is -3.25. The monoisotopic (exact) mass is 485 g/mol. The van der Waals surface area contributed by atoms with Crippen molar-refractivity contribution in [3.63, 3.8) is 0 Å². The molecule has 2 aliphatic rings. The summed E-state index contributed by atoms with van der Waals surface area (Å²) in [6.07, 6.45) is -3.65. The Morgan fingerprint density at radius 3 is 2.69 bits per heavy atom. The Morgan fingerprint density at radius 2 is 2.00 bits per heavy atom. The van der Waals surface area contributed by atoms with E-state index in [1.807, 2.05) is 35.4 Å². The summed E-state index contributed by atoms with van der Waals surface area (Å²) in [5.41, 5.74) is 2.07. The van der Waals surface area contributed by atoms with E-state index in [1.165, 1.54) is 0 Å². The Bertz CT molecular complexity index is 1300. The zero-order chi connectivity index (χ0) is 25.0. The molecule has 5 rings (SSSR count). The lowest BCUT2D eigenvalue weighted by molar-refractivity contribution is -0.270. The van der Waals surface area contributed by atoms with E-state index < -0.39 is 36.7 Å². The summed E-state index contributed by atoms with van der Waals surface area (Å²) >= 11 is 0. The zero-order valence-electron chi connectivity index (χ0n) is 19.2. The second kappa shape index (κ2) is 8.76. The van der Waals surface area contributed by atoms with Gasteiger partial charge < -0.3 is 39.0 Å². The number of imidazole rings is 1. The van der Waals surface area contributed by atoms with Gasteiger partial charge in [-0.15, -0.1) is 0 Å². The van der Waals surface area contributed by atoms with Gasteiger partial charge in [-0.3, -0.25) is 4.79 Å². The number of carboxylic acid groups (broad SMARTS) is 1. The minimum Gasteiger partial charge on any atom is -0.479 e. The lowest BCUT2D eigenvalue weighted by Crippen LogP contribution is -2.61. The van der Waals surface area contributed by atoms with E-state index in [2.05, 4.69) is 4.98 Å². The molecule has 6 unspecified atom stereocenters. The Labute approximate surface area is 200 Å². The minimum absolute atomic E-state index is 0.0283. The fourth-order valence-electron chi connectivity index (χ4n) is 5.12. The normalized spacial score (nSPS) is 28.8. The van der Waals surface area contributed by atoms with Crippen LogP contribution in [0.1, 0.15) is 28.3 Å². The number of nitrogens with zero attached hydrogens (tertiary/aromatic N) is 3. The molecule has 1 aliphatic heterocycles. The van der Waals surface area contributed by atoms with Crippen molar-refractivity contribution in [1.29, 1.82) is 0 Å². The standard InChI is InChI=1S/C24H27N3O8/c1-11-25-8-9-27(11)10-12-6-7-14-16(18(12)28)13-4-3-5-15(17(13)26(14)2)34-24-21(31)19(29)20(30)22(35-24)23(32)33/h3-5,8-9,12,19-22,24,29-31H,6-7,10H2,1-2H3,(H,32,33). The largest absolute Gasteiger partial charge is 0.479 e. The van der Waals surface area contributed by atoms with Gasteiger partial charge in [0.15, 0.2) is 11.9 Å². The van der Waals surface area contributed by atoms with Crippen LogP contribution in [0.25, 0.3) is 10.9 Å². The molecule has 0 bridgehead atoms. The molecule has 6 atom stereocenters. The number of aliphatic carboxylic acids is 1. The maximum atomic E-state index is 13.6. The van der Waals surface area contributed by atoms with Gasteiger partial charge in [0.2, 0.25) is 6.29 Å². The maximum absolute atomic E-state index is 13.6. The second-order valence-electron chi connectivity index (χ2n) is 9.11. The highest BCUT2D eigenvalue weighted by molar-refractivity contribution is 6.12. The number of para-hydroxylation sites is 1. The molecule has 3 heterocycles. The molecule has 0 spiro atoms. The van der Waals surface area contributed by atoms with Crippen LogP contribution in [0.4, 0.5) is 0 Å². The van der Waals surface area contributed by atoms with Crippen LogP contribution in [0.3, 0.4) is 0 Å². The molecule has 0 amide bonds. The summed E-state index contributed by atoms with van der Waals surface area (Å²) in [4.78, 5) is 29.2. The van der Waals surface area contributed by atoms with Gasteiger partial charge >= 0.3 is 5.97 Å². The minimum atomic E-state index is -1.81. The average Bonchev–Trinajstić information content (AvgIpc) is 3.37. The number of hydrogen-bond donors (Lipinski definition) is 4. The predicted molar refractivity (Wildman–Crippen MR) is 121 cm³/mol. The van der Waals surface area contributed by atoms with E-state index in [9.17, 15) is 30.0 Å². The number of ketones is 1. The fraction of sp³-hybridized carbons (Fsp3) is 0.458. The maximum Gasteiger partial charge on any atom is 0.335 e. The fourth-order valence-corrected chi connectivity index (χ4v) is 5.12. The first-order valence-corrected chi connectivity index (χ1v) is 11.4. The van der Waals surface area contributed by atoms with Crippen molar-refractivity contribution < 1.29 is 39.5 Å². The SMILES string of the molecule is Cc1nccn1CC1CCc2c(c3cccc(OC4OC(C(=O)O)C(O)C(O)C4O)c3n2C)C1=O. The van der Waals surface area contributed by atoms with E-state index in [0.29, 0.717) is 35.9 Å². The van der Waals surface area contributed by atoms with Crippen LogP contribution in [0.5, 0.6) is 5.75 Å². The molecule has 0 saturated carbocycles. The van der Waals surface area contributed by atoms with Crippen molar-refractivity contribution in [2.45, 2.75) is 57.0 Å². The number of carboxylic acids is 1. The number of fused-ring (bicyclic) bond motifs is 3. The predicted octanol–water partition coefficient (Wildman–Crippen LogP) is 0.400. The molecule has 11 heteroatoms. The van der Waals surface area contributed by atoms with Crippen LogP contribution in [0, 0.1) is 12.8 Å². The van der Waals surface area contributed by atoms with Crippen molar-refractivity contribution in [3.05, 3.63) is 47.7 Å². The number of carbonyl (C=O) groups is 2. The van der Waals surface area contributed by atoms with Gasteiger partial charge in [0.25, 0.3) is 0 Å². The van der Waals surface area contributed by atoms with Gasteiger partial charge in [-0.05, 0) is 25.8 Å². The average molecular weight is 485 g/mol. The summed E-state index contributed by atoms with van der Waals surface area (Å²) in [7, 11) is 1.82. The lowest BCUT2D eigenvalue weighted by atomic mass is 9.85. The number of carbonyl (C=O) groups excluding carboxylic acids is 1. The highest BCUT2D eigenvalue weighted by atomic mass is 16.7. The number of ether oxygens (including phenoxy) is 2. The molecule has 0 radical (unpaired) electrons. The second-order valence-corrected chi connectivity index (χ2v) is 9.11. The van der Waals surface area contributed by atoms with Gasteiger partial charge in [0.05, 0.1) is 5.52 Å². The van der Waals surface area contributed by atoms with Gasteiger partial charge in [-0.2, -0.15) is 0 Å². The van der Waals surface area contributed by atoms with Gasteiger partial charge in [0, 0.05) is 48.5 Å². The summed E-state index contributed by atoms with van der Waals surface area (Å²) in [5.74, 6) is -0.571. The van der Waals surface area contributed by atoms with Gasteiger partial charge in [-0.25, -0.2) is 9.78 Å². The van der Waals surface area contributed by atoms with E-state index in [-0.39, 0.29) is 17.5 Å². The van der Waals surface area contributed by atoms with Crippen LogP contribution >= 0.6 is 0 Å². The van der Waals surface area contributed by atoms with Crippen LogP contribution in [-0.2, 0) is 29.5 Å². The molecule has 186 valence electrons. The van der Waals surface area contributed by atoms with Crippen LogP contribution in [0.15, 0.2) is 30.6 Å². The number of aryl methyl sites for hydroxylation is 2. The van der Waals surface area contributed by atoms with Crippen LogP contribution < -0.4 is 4.74 Å². The molecule has 3 aromatic rings. The Kier molecular flexibility index (Phi) is 5.88. The first kappa shape index (κ1) is 23.5. The molecule has 1 saturated heterocycles. The van der Waals surface area contributed by atoms with E-state index in [1.54, 1.807) is 18.3 Å². The van der Waals surface area contributed by atoms with Crippen LogP contribution in [-0.4, -0.2) is 77.0 Å². The van der Waals surface area contributed by atoms with E-state index in [4.69, 9.17) is 9.47 Å². The number of Topliss-reactive ketones (excluding diaryl/α,β-unsaturated/α-hetero) is 1. The number of benzene rings is 1. The highest BCUT2D eigenvalue weighted by Gasteiger charge is 2.48. The molecular weight excluding hydrogens is 458 g/mol. The highest BCUT2D eigenvalue weighted by Crippen LogP contribution is 2.39. The van der Waals surface area contributed by atoms with Gasteiger partial charge in [-0.1, -0.05) is 12.1 Å². The molecule has 1 fully saturated rings. The zero-order valence-corrected chi connectivity index (χ0v) is 19.2. The smallest absolute Gasteiger partial charge is 0.335 e. The van der Waals surface area contributed by atoms with E-state index in [0.717, 1.165) is 11.5 Å². The third-order valence-electron chi connectivity index (χ3n) is 7.04. The molecule has 35 heavy (non-hydrogen) atoms. The Morgan fingerprint density at radius 1 is 1.23 bits per heavy atom. The molecule has 1 aliphatic carbocycles. The Balaban J connectivity index is 1.49. The van der Waals surface area contributed by atoms with Gasteiger partial charge in [0.1, 0.15) is 29.9 Å². The third kappa shape index (κ3) is 3.80. The summed E-state index contributed by atoms with van der Waals surface area (Å²) in [6.45, 7) is 2.43. The van der Waals surface area contributed by atoms with Crippen molar-refractivity contribution in [1.82, 2.24) is 14.1 Å². The van der Waals surface area contributed by atoms with Crippen molar-refractivity contribution in [3.8, 4) is 5.75 Å². The summed E-state index contributed by atoms with van der Waals surface area (Å²) < 4.78 is 15.0. The number of rotatable bonds is 5. The summed E-state index contributed by atoms with van der Waals surface area (Å²) in [6, 6.07) is 5.14. The number of hydrogen-bond acceptors (Lipinski definition) is 8. The third-order valence-corrected chi connectivity index (χ3v) is 7.04.